The molecule has 7 aliphatic rings. The molecule has 2 unspecified atom stereocenters. The van der Waals surface area contributed by atoms with Crippen molar-refractivity contribution < 1.29 is 56.3 Å². The summed E-state index contributed by atoms with van der Waals surface area (Å²) in [6, 6.07) is 4.05. The summed E-state index contributed by atoms with van der Waals surface area (Å²) < 4.78 is 72.1. The van der Waals surface area contributed by atoms with E-state index in [1.807, 2.05) is 67.5 Å². The molecule has 0 N–H and O–H groups in total. The van der Waals surface area contributed by atoms with E-state index in [-0.39, 0.29) is 52.6 Å². The predicted octanol–water partition coefficient (Wildman–Crippen LogP) is 8.97. The molecule has 0 radical (unpaired) electrons. The van der Waals surface area contributed by atoms with Crippen LogP contribution in [0.15, 0.2) is 16.6 Å². The van der Waals surface area contributed by atoms with Gasteiger partial charge in [0.2, 0.25) is 13.6 Å². The molecule has 330 valence electrons. The second kappa shape index (κ2) is 16.8. The molecular weight excluding hydrogens is 833 g/mol. The van der Waals surface area contributed by atoms with Crippen LogP contribution in [0.3, 0.4) is 0 Å². The smallest absolute Gasteiger partial charge is 0.454 e. The summed E-state index contributed by atoms with van der Waals surface area (Å²) in [6.07, 6.45) is 6.13. The maximum atomic E-state index is 6.31. The normalized spacial score (nSPS) is 26.5. The van der Waals surface area contributed by atoms with Crippen molar-refractivity contribution in [3.63, 3.8) is 0 Å². The van der Waals surface area contributed by atoms with Crippen LogP contribution in [0.25, 0.3) is 0 Å². The van der Waals surface area contributed by atoms with E-state index < -0.39 is 21.1 Å². The zero-order valence-electron chi connectivity index (χ0n) is 38.4. The first-order valence-electron chi connectivity index (χ1n) is 21.9. The van der Waals surface area contributed by atoms with E-state index in [4.69, 9.17) is 56.3 Å². The highest BCUT2D eigenvalue weighted by Gasteiger charge is 2.64. The van der Waals surface area contributed by atoms with Crippen molar-refractivity contribution in [2.24, 2.45) is 0 Å². The lowest BCUT2D eigenvalue weighted by Gasteiger charge is -2.32. The Bertz CT molecular complexity index is 1820. The third kappa shape index (κ3) is 8.52. The van der Waals surface area contributed by atoms with Gasteiger partial charge in [-0.05, 0) is 137 Å². The first kappa shape index (κ1) is 46.0. The van der Waals surface area contributed by atoms with Gasteiger partial charge in [0.15, 0.2) is 23.0 Å². The fourth-order valence-electron chi connectivity index (χ4n) is 8.35. The number of benzene rings is 2. The SMILES string of the molecule is CC1(C)OB(B2OC(C)(C)C(C)(C)O2)OC1(C)C.CCCC1OCCc2c(B3OC(C)(C)C(C)(C)O3)cc3c(c21)OCO3.CCCC1OCCc2c(Br)cc3c(c21)OCO3. The van der Waals surface area contributed by atoms with Crippen molar-refractivity contribution in [1.82, 2.24) is 0 Å². The number of hydrogen-bond acceptors (Lipinski definition) is 12. The standard InChI is InChI=1S/C19H27BO5.C13H15BrO3.C12H24B2O4/c1-6-7-14-16-12(8-9-21-14)13(10-15-17(16)23-11-22-15)20-24-18(2,3)19(4,5)25-20;1-2-3-10-12-8(4-5-15-10)9(14)6-11-13(12)17-7-16-11;1-9(2)10(3,4)16-13(15-9)14-17-11(5,6)12(7,8)18-14/h10,14H,6-9,11H2,1-5H3;6,10H,2-5,7H2,1H3;1-8H3. The highest BCUT2D eigenvalue weighted by Crippen LogP contribution is 2.49. The molecule has 0 aromatic heterocycles. The number of fused-ring (bicyclic) bond motifs is 6. The van der Waals surface area contributed by atoms with Gasteiger partial charge >= 0.3 is 21.1 Å². The zero-order chi connectivity index (χ0) is 43.6. The first-order chi connectivity index (χ1) is 28.0. The van der Waals surface area contributed by atoms with E-state index in [9.17, 15) is 0 Å². The molecule has 3 saturated heterocycles. The molecule has 2 atom stereocenters. The van der Waals surface area contributed by atoms with E-state index in [1.54, 1.807) is 0 Å². The van der Waals surface area contributed by atoms with Gasteiger partial charge in [-0.15, -0.1) is 0 Å². The van der Waals surface area contributed by atoms with Crippen molar-refractivity contribution in [2.45, 2.75) is 181 Å². The van der Waals surface area contributed by atoms with E-state index in [2.05, 4.69) is 57.5 Å². The van der Waals surface area contributed by atoms with Crippen molar-refractivity contribution in [3.8, 4) is 23.0 Å². The van der Waals surface area contributed by atoms with Crippen LogP contribution < -0.4 is 24.4 Å². The fourth-order valence-corrected chi connectivity index (χ4v) is 8.97. The number of hydrogen-bond donors (Lipinski definition) is 0. The fraction of sp³-hybridized carbons (Fsp3) is 0.727. The summed E-state index contributed by atoms with van der Waals surface area (Å²) in [5, 5.41) is 0. The third-order valence-corrected chi connectivity index (χ3v) is 14.7. The molecular formula is C44H66B3BrO12. The van der Waals surface area contributed by atoms with E-state index in [0.717, 1.165) is 83.6 Å². The van der Waals surface area contributed by atoms with Crippen LogP contribution in [0.2, 0.25) is 0 Å². The molecule has 0 bridgehead atoms. The molecule has 9 rings (SSSR count). The molecule has 0 spiro atoms. The Morgan fingerprint density at radius 2 is 0.917 bits per heavy atom. The Balaban J connectivity index is 0.000000140. The van der Waals surface area contributed by atoms with Gasteiger partial charge in [-0.2, -0.15) is 0 Å². The summed E-state index contributed by atoms with van der Waals surface area (Å²) >= 11 is 3.62. The van der Waals surface area contributed by atoms with Crippen LogP contribution in [-0.2, 0) is 50.2 Å². The van der Waals surface area contributed by atoms with E-state index in [0.29, 0.717) is 13.4 Å². The molecule has 7 heterocycles. The van der Waals surface area contributed by atoms with E-state index in [1.165, 1.54) is 16.7 Å². The van der Waals surface area contributed by atoms with Crippen LogP contribution in [-0.4, -0.2) is 81.5 Å². The van der Waals surface area contributed by atoms with Gasteiger partial charge < -0.3 is 56.3 Å². The lowest BCUT2D eigenvalue weighted by molar-refractivity contribution is 0.00578. The molecule has 2 aromatic carbocycles. The van der Waals surface area contributed by atoms with Gasteiger partial charge in [-0.25, -0.2) is 0 Å². The molecule has 16 heteroatoms. The molecule has 2 aromatic rings. The van der Waals surface area contributed by atoms with Crippen LogP contribution in [0.4, 0.5) is 0 Å². The average Bonchev–Trinajstić information content (AvgIpc) is 3.95. The van der Waals surface area contributed by atoms with Gasteiger partial charge in [0.05, 0.1) is 59.0 Å². The second-order valence-corrected chi connectivity index (χ2v) is 20.6. The van der Waals surface area contributed by atoms with Crippen LogP contribution >= 0.6 is 15.9 Å². The maximum absolute atomic E-state index is 6.31. The van der Waals surface area contributed by atoms with Crippen LogP contribution in [0, 0.1) is 0 Å². The average molecular weight is 899 g/mol. The maximum Gasteiger partial charge on any atom is 0.495 e. The Morgan fingerprint density at radius 1 is 0.533 bits per heavy atom. The highest BCUT2D eigenvalue weighted by molar-refractivity contribution is 9.10. The minimum atomic E-state index is -0.476. The lowest BCUT2D eigenvalue weighted by Crippen LogP contribution is -2.41. The summed E-state index contributed by atoms with van der Waals surface area (Å²) in [4.78, 5) is 0. The Labute approximate surface area is 367 Å². The molecule has 0 amide bonds. The highest BCUT2D eigenvalue weighted by atomic mass is 79.9. The predicted molar refractivity (Wildman–Crippen MR) is 235 cm³/mol. The summed E-state index contributed by atoms with van der Waals surface area (Å²) in [6.45, 7) is 30.9. The van der Waals surface area contributed by atoms with Gasteiger partial charge in [-0.3, -0.25) is 0 Å². The number of rotatable bonds is 6. The summed E-state index contributed by atoms with van der Waals surface area (Å²) in [5.74, 6) is 3.34. The minimum Gasteiger partial charge on any atom is -0.454 e. The first-order valence-corrected chi connectivity index (χ1v) is 22.7. The second-order valence-electron chi connectivity index (χ2n) is 19.7. The summed E-state index contributed by atoms with van der Waals surface area (Å²) in [5.41, 5.74) is 3.77. The van der Waals surface area contributed by atoms with Gasteiger partial charge in [0.1, 0.15) is 0 Å². The monoisotopic (exact) mass is 898 g/mol. The Hall–Kier alpha value is -2.01. The quantitative estimate of drug-likeness (QED) is 0.258. The van der Waals surface area contributed by atoms with Gasteiger partial charge in [0.25, 0.3) is 0 Å². The molecule has 12 nitrogen and oxygen atoms in total. The van der Waals surface area contributed by atoms with Gasteiger partial charge in [-0.1, -0.05) is 42.6 Å². The Morgan fingerprint density at radius 3 is 1.35 bits per heavy atom. The van der Waals surface area contributed by atoms with E-state index >= 15 is 0 Å². The molecule has 7 aliphatic heterocycles. The number of halogens is 1. The zero-order valence-corrected chi connectivity index (χ0v) is 40.0. The molecule has 60 heavy (non-hydrogen) atoms. The lowest BCUT2D eigenvalue weighted by atomic mass is 9.49. The molecule has 0 aliphatic carbocycles. The van der Waals surface area contributed by atoms with Crippen molar-refractivity contribution in [3.05, 3.63) is 38.9 Å². The van der Waals surface area contributed by atoms with Gasteiger partial charge in [0, 0.05) is 15.6 Å². The largest absolute Gasteiger partial charge is 0.495 e. The summed E-state index contributed by atoms with van der Waals surface area (Å²) in [7, 11) is -1.35. The van der Waals surface area contributed by atoms with Crippen LogP contribution in [0.1, 0.15) is 157 Å². The Kier molecular flexibility index (Phi) is 12.9. The molecule has 3 fully saturated rings. The number of ether oxygens (including phenoxy) is 6. The topological polar surface area (TPSA) is 111 Å². The van der Waals surface area contributed by atoms with Crippen molar-refractivity contribution in [2.75, 3.05) is 26.8 Å². The van der Waals surface area contributed by atoms with Crippen LogP contribution in [0.5, 0.6) is 23.0 Å². The molecule has 0 saturated carbocycles. The van der Waals surface area contributed by atoms with Crippen molar-refractivity contribution in [1.29, 1.82) is 0 Å². The third-order valence-electron chi connectivity index (χ3n) is 14.0. The van der Waals surface area contributed by atoms with Crippen molar-refractivity contribution >= 4 is 42.5 Å². The minimum absolute atomic E-state index is 0.0478.